The Bertz CT molecular complexity index is 834. The number of hydrogen-bond acceptors (Lipinski definition) is 5. The molecule has 0 amide bonds. The van der Waals surface area contributed by atoms with Gasteiger partial charge in [-0.25, -0.2) is 4.79 Å². The first-order valence-electron chi connectivity index (χ1n) is 7.71. The molecule has 0 radical (unpaired) electrons. The minimum absolute atomic E-state index is 0.377. The van der Waals surface area contributed by atoms with Gasteiger partial charge >= 0.3 is 5.97 Å². The molecule has 2 aromatic carbocycles. The monoisotopic (exact) mass is 322 g/mol. The van der Waals surface area contributed by atoms with E-state index in [4.69, 9.17) is 4.42 Å². The summed E-state index contributed by atoms with van der Waals surface area (Å²) < 4.78 is 10.4. The van der Waals surface area contributed by atoms with Crippen LogP contribution in [0.4, 0.5) is 0 Å². The highest BCUT2D eigenvalue weighted by molar-refractivity contribution is 5.89. The molecule has 0 aliphatic heterocycles. The summed E-state index contributed by atoms with van der Waals surface area (Å²) >= 11 is 0. The summed E-state index contributed by atoms with van der Waals surface area (Å²) in [5.74, 6) is 0.982. The fraction of sp³-hybridized carbons (Fsp3) is 0.211. The van der Waals surface area contributed by atoms with E-state index in [1.165, 1.54) is 12.7 Å². The third-order valence-corrected chi connectivity index (χ3v) is 3.80. The highest BCUT2D eigenvalue weighted by Gasteiger charge is 2.12. The lowest BCUT2D eigenvalue weighted by atomic mass is 10.0. The van der Waals surface area contributed by atoms with E-state index in [9.17, 15) is 4.79 Å². The Morgan fingerprint density at radius 1 is 0.917 bits per heavy atom. The van der Waals surface area contributed by atoms with E-state index >= 15 is 0 Å². The standard InChI is InChI=1S/C19H18N2O3/c1-12(2)13-4-6-14(7-5-13)17-20-21-18(24-17)15-8-10-16(11-9-15)19(22)23-3/h4-12H,1-3H3. The van der Waals surface area contributed by atoms with Gasteiger partial charge in [0, 0.05) is 11.1 Å². The molecule has 3 rings (SSSR count). The molecular weight excluding hydrogens is 304 g/mol. The van der Waals surface area contributed by atoms with Crippen LogP contribution in [0.25, 0.3) is 22.9 Å². The van der Waals surface area contributed by atoms with E-state index in [1.54, 1.807) is 24.3 Å². The molecule has 0 spiro atoms. The van der Waals surface area contributed by atoms with Gasteiger partial charge in [0.05, 0.1) is 12.7 Å². The molecule has 0 unspecified atom stereocenters. The molecule has 0 atom stereocenters. The quantitative estimate of drug-likeness (QED) is 0.670. The zero-order chi connectivity index (χ0) is 17.1. The average Bonchev–Trinajstić information content (AvgIpc) is 3.11. The zero-order valence-corrected chi connectivity index (χ0v) is 13.8. The largest absolute Gasteiger partial charge is 0.465 e. The van der Waals surface area contributed by atoms with Crippen LogP contribution in [0.15, 0.2) is 52.9 Å². The smallest absolute Gasteiger partial charge is 0.337 e. The van der Waals surface area contributed by atoms with Crippen molar-refractivity contribution in [3.63, 3.8) is 0 Å². The van der Waals surface area contributed by atoms with E-state index in [1.807, 2.05) is 12.1 Å². The summed E-state index contributed by atoms with van der Waals surface area (Å²) in [5, 5.41) is 8.18. The Morgan fingerprint density at radius 3 is 1.88 bits per heavy atom. The number of rotatable bonds is 4. The minimum Gasteiger partial charge on any atom is -0.465 e. The van der Waals surface area contributed by atoms with E-state index in [-0.39, 0.29) is 5.97 Å². The number of carbonyl (C=O) groups excluding carboxylic acids is 1. The van der Waals surface area contributed by atoms with Crippen molar-refractivity contribution in [1.82, 2.24) is 10.2 Å². The fourth-order valence-electron chi connectivity index (χ4n) is 2.33. The van der Waals surface area contributed by atoms with Crippen LogP contribution < -0.4 is 0 Å². The van der Waals surface area contributed by atoms with E-state index in [2.05, 4.69) is 40.9 Å². The number of ether oxygens (including phenoxy) is 1. The van der Waals surface area contributed by atoms with Crippen molar-refractivity contribution in [2.24, 2.45) is 0 Å². The SMILES string of the molecule is COC(=O)c1ccc(-c2nnc(-c3ccc(C(C)C)cc3)o2)cc1. The number of benzene rings is 2. The number of nitrogens with zero attached hydrogens (tertiary/aromatic N) is 2. The van der Waals surface area contributed by atoms with Gasteiger partial charge in [-0.15, -0.1) is 10.2 Å². The molecule has 0 N–H and O–H groups in total. The molecule has 5 heteroatoms. The van der Waals surface area contributed by atoms with Crippen molar-refractivity contribution in [1.29, 1.82) is 0 Å². The molecule has 0 saturated heterocycles. The van der Waals surface area contributed by atoms with Gasteiger partial charge in [0.1, 0.15) is 0 Å². The first-order chi connectivity index (χ1) is 11.6. The van der Waals surface area contributed by atoms with Gasteiger partial charge in [0.25, 0.3) is 0 Å². The molecule has 0 saturated carbocycles. The topological polar surface area (TPSA) is 65.2 Å². The summed E-state index contributed by atoms with van der Waals surface area (Å²) in [5.41, 5.74) is 3.37. The van der Waals surface area contributed by atoms with E-state index < -0.39 is 0 Å². The van der Waals surface area contributed by atoms with Crippen molar-refractivity contribution >= 4 is 5.97 Å². The lowest BCUT2D eigenvalue weighted by Gasteiger charge is -2.04. The summed E-state index contributed by atoms with van der Waals surface area (Å²) in [4.78, 5) is 11.5. The van der Waals surface area contributed by atoms with Crippen molar-refractivity contribution in [2.45, 2.75) is 19.8 Å². The van der Waals surface area contributed by atoms with Crippen LogP contribution in [0.2, 0.25) is 0 Å². The average molecular weight is 322 g/mol. The normalized spacial score (nSPS) is 10.8. The van der Waals surface area contributed by atoms with Crippen LogP contribution in [-0.2, 0) is 4.74 Å². The molecule has 0 aliphatic carbocycles. The zero-order valence-electron chi connectivity index (χ0n) is 13.8. The number of carbonyl (C=O) groups is 1. The van der Waals surface area contributed by atoms with Crippen molar-refractivity contribution in [3.05, 3.63) is 59.7 Å². The maximum Gasteiger partial charge on any atom is 0.337 e. The molecule has 0 aliphatic rings. The molecule has 3 aromatic rings. The van der Waals surface area contributed by atoms with E-state index in [0.717, 1.165) is 11.1 Å². The summed E-state index contributed by atoms with van der Waals surface area (Å²) in [6, 6.07) is 14.9. The van der Waals surface area contributed by atoms with Crippen molar-refractivity contribution in [3.8, 4) is 22.9 Å². The lowest BCUT2D eigenvalue weighted by molar-refractivity contribution is 0.0600. The minimum atomic E-state index is -0.377. The summed E-state index contributed by atoms with van der Waals surface area (Å²) in [7, 11) is 1.35. The van der Waals surface area contributed by atoms with Gasteiger partial charge in [0.2, 0.25) is 11.8 Å². The third kappa shape index (κ3) is 3.20. The van der Waals surface area contributed by atoms with Crippen LogP contribution in [0.1, 0.15) is 35.7 Å². The second-order valence-corrected chi connectivity index (χ2v) is 5.76. The van der Waals surface area contributed by atoms with Gasteiger partial charge in [-0.3, -0.25) is 0 Å². The van der Waals surface area contributed by atoms with Gasteiger partial charge < -0.3 is 9.15 Å². The maximum atomic E-state index is 11.5. The molecule has 1 heterocycles. The Kier molecular flexibility index (Phi) is 4.42. The Balaban J connectivity index is 1.83. The summed E-state index contributed by atoms with van der Waals surface area (Å²) in [6.45, 7) is 4.30. The van der Waals surface area contributed by atoms with Crippen LogP contribution in [0.3, 0.4) is 0 Å². The Morgan fingerprint density at radius 2 is 1.42 bits per heavy atom. The van der Waals surface area contributed by atoms with Crippen molar-refractivity contribution < 1.29 is 13.9 Å². The molecule has 5 nitrogen and oxygen atoms in total. The number of hydrogen-bond donors (Lipinski definition) is 0. The third-order valence-electron chi connectivity index (χ3n) is 3.80. The lowest BCUT2D eigenvalue weighted by Crippen LogP contribution is -2.00. The second-order valence-electron chi connectivity index (χ2n) is 5.76. The summed E-state index contributed by atoms with van der Waals surface area (Å²) in [6.07, 6.45) is 0. The van der Waals surface area contributed by atoms with Gasteiger partial charge in [-0.05, 0) is 47.9 Å². The predicted molar refractivity (Wildman–Crippen MR) is 90.6 cm³/mol. The molecule has 1 aromatic heterocycles. The highest BCUT2D eigenvalue weighted by atomic mass is 16.5. The fourth-order valence-corrected chi connectivity index (χ4v) is 2.33. The predicted octanol–water partition coefficient (Wildman–Crippen LogP) is 4.31. The second kappa shape index (κ2) is 6.66. The molecule has 24 heavy (non-hydrogen) atoms. The molecular formula is C19H18N2O3. The van der Waals surface area contributed by atoms with Crippen molar-refractivity contribution in [2.75, 3.05) is 7.11 Å². The first-order valence-corrected chi connectivity index (χ1v) is 7.71. The number of aromatic nitrogens is 2. The van der Waals surface area contributed by atoms with Crippen LogP contribution in [-0.4, -0.2) is 23.3 Å². The van der Waals surface area contributed by atoms with Gasteiger partial charge in [0.15, 0.2) is 0 Å². The van der Waals surface area contributed by atoms with Crippen LogP contribution >= 0.6 is 0 Å². The van der Waals surface area contributed by atoms with Crippen LogP contribution in [0, 0.1) is 0 Å². The number of methoxy groups -OCH3 is 1. The highest BCUT2D eigenvalue weighted by Crippen LogP contribution is 2.25. The Hall–Kier alpha value is -2.95. The Labute approximate surface area is 140 Å². The van der Waals surface area contributed by atoms with Gasteiger partial charge in [-0.1, -0.05) is 26.0 Å². The van der Waals surface area contributed by atoms with Gasteiger partial charge in [-0.2, -0.15) is 0 Å². The first kappa shape index (κ1) is 15.9. The molecule has 122 valence electrons. The molecule has 0 bridgehead atoms. The maximum absolute atomic E-state index is 11.5. The van der Waals surface area contributed by atoms with E-state index in [0.29, 0.717) is 23.3 Å². The molecule has 0 fully saturated rings. The van der Waals surface area contributed by atoms with Crippen LogP contribution in [0.5, 0.6) is 0 Å². The number of esters is 1.